The van der Waals surface area contributed by atoms with Gasteiger partial charge in [-0.05, 0) is 18.2 Å². The van der Waals surface area contributed by atoms with Gasteiger partial charge < -0.3 is 20.4 Å². The maximum atomic E-state index is 12.1. The molecule has 1 heterocycles. The fourth-order valence-electron chi connectivity index (χ4n) is 1.70. The van der Waals surface area contributed by atoms with E-state index in [0.717, 1.165) is 0 Å². The van der Waals surface area contributed by atoms with Crippen LogP contribution in [0.2, 0.25) is 0 Å². The number of nitrogens with zero attached hydrogens (tertiary/aromatic N) is 1. The van der Waals surface area contributed by atoms with Crippen molar-refractivity contribution < 1.29 is 9.53 Å². The number of anilines is 2. The number of methoxy groups -OCH3 is 1. The van der Waals surface area contributed by atoms with Crippen LogP contribution in [0.25, 0.3) is 0 Å². The molecule has 0 saturated heterocycles. The van der Waals surface area contributed by atoms with Gasteiger partial charge in [0.15, 0.2) is 0 Å². The molecule has 0 saturated carbocycles. The summed E-state index contributed by atoms with van der Waals surface area (Å²) in [4.78, 5) is 23.6. The lowest BCUT2D eigenvalue weighted by atomic mass is 10.2. The van der Waals surface area contributed by atoms with Crippen molar-refractivity contribution in [1.82, 2.24) is 4.57 Å². The summed E-state index contributed by atoms with van der Waals surface area (Å²) in [5.41, 5.74) is 6.71. The number of benzene rings is 1. The molecule has 3 N–H and O–H groups in total. The summed E-state index contributed by atoms with van der Waals surface area (Å²) < 4.78 is 6.53. The van der Waals surface area contributed by atoms with E-state index in [2.05, 4.69) is 5.32 Å². The van der Waals surface area contributed by atoms with Crippen LogP contribution in [0.3, 0.4) is 0 Å². The fourth-order valence-corrected chi connectivity index (χ4v) is 1.70. The van der Waals surface area contributed by atoms with E-state index < -0.39 is 0 Å². The van der Waals surface area contributed by atoms with Crippen LogP contribution in [0.15, 0.2) is 41.3 Å². The van der Waals surface area contributed by atoms with Crippen LogP contribution >= 0.6 is 0 Å². The molecule has 6 heteroatoms. The number of pyridine rings is 1. The quantitative estimate of drug-likeness (QED) is 0.823. The zero-order chi connectivity index (χ0) is 14.7. The highest BCUT2D eigenvalue weighted by molar-refractivity contribution is 6.05. The Labute approximate surface area is 115 Å². The molecule has 1 amide bonds. The fraction of sp³-hybridized carbons (Fsp3) is 0.143. The average Bonchev–Trinajstić information content (AvgIpc) is 2.43. The van der Waals surface area contributed by atoms with Gasteiger partial charge in [-0.1, -0.05) is 0 Å². The molecule has 0 unspecified atom stereocenters. The first-order valence-corrected chi connectivity index (χ1v) is 5.93. The van der Waals surface area contributed by atoms with Crippen LogP contribution in [0, 0.1) is 0 Å². The average molecular weight is 273 g/mol. The first-order valence-electron chi connectivity index (χ1n) is 5.93. The lowest BCUT2D eigenvalue weighted by Gasteiger charge is -2.11. The summed E-state index contributed by atoms with van der Waals surface area (Å²) >= 11 is 0. The van der Waals surface area contributed by atoms with Crippen molar-refractivity contribution in [3.63, 3.8) is 0 Å². The van der Waals surface area contributed by atoms with Gasteiger partial charge in [-0.15, -0.1) is 0 Å². The molecular formula is C14H15N3O3. The second kappa shape index (κ2) is 5.48. The zero-order valence-electron chi connectivity index (χ0n) is 11.2. The smallest absolute Gasteiger partial charge is 0.256 e. The third kappa shape index (κ3) is 2.80. The molecule has 0 spiro atoms. The molecule has 104 valence electrons. The third-order valence-electron chi connectivity index (χ3n) is 2.84. The second-order valence-electron chi connectivity index (χ2n) is 4.28. The number of nitrogen functional groups attached to an aromatic ring is 1. The molecular weight excluding hydrogens is 258 g/mol. The molecule has 0 aliphatic rings. The molecule has 0 aliphatic carbocycles. The van der Waals surface area contributed by atoms with Gasteiger partial charge in [0.2, 0.25) is 0 Å². The maximum absolute atomic E-state index is 12.1. The molecule has 20 heavy (non-hydrogen) atoms. The van der Waals surface area contributed by atoms with Crippen molar-refractivity contribution in [3.05, 3.63) is 52.4 Å². The Morgan fingerprint density at radius 1 is 1.30 bits per heavy atom. The molecule has 0 radical (unpaired) electrons. The number of ether oxygens (including phenoxy) is 1. The number of amides is 1. The van der Waals surface area contributed by atoms with E-state index in [-0.39, 0.29) is 17.0 Å². The van der Waals surface area contributed by atoms with Crippen LogP contribution in [-0.2, 0) is 7.05 Å². The predicted octanol–water partition coefficient (Wildman–Crippen LogP) is 1.23. The lowest BCUT2D eigenvalue weighted by Crippen LogP contribution is -2.20. The van der Waals surface area contributed by atoms with Crippen molar-refractivity contribution in [2.24, 2.45) is 7.05 Å². The van der Waals surface area contributed by atoms with Crippen LogP contribution < -0.4 is 21.3 Å². The highest BCUT2D eigenvalue weighted by atomic mass is 16.5. The molecule has 0 atom stereocenters. The molecule has 2 rings (SSSR count). The Morgan fingerprint density at radius 2 is 2.05 bits per heavy atom. The van der Waals surface area contributed by atoms with E-state index in [9.17, 15) is 9.59 Å². The standard InChI is InChI=1S/C14H15N3O3/c1-17-6-5-9(7-13(17)18)14(19)16-11-4-3-10(15)8-12(11)20-2/h3-8H,15H2,1-2H3,(H,16,19). The minimum Gasteiger partial charge on any atom is -0.494 e. The maximum Gasteiger partial charge on any atom is 0.256 e. The highest BCUT2D eigenvalue weighted by Crippen LogP contribution is 2.26. The van der Waals surface area contributed by atoms with Gasteiger partial charge in [0.05, 0.1) is 12.8 Å². The summed E-state index contributed by atoms with van der Waals surface area (Å²) in [6, 6.07) is 7.76. The Balaban J connectivity index is 2.27. The van der Waals surface area contributed by atoms with Gasteiger partial charge in [0, 0.05) is 36.6 Å². The largest absolute Gasteiger partial charge is 0.494 e. The number of nitrogens with one attached hydrogen (secondary N) is 1. The summed E-state index contributed by atoms with van der Waals surface area (Å²) in [6.07, 6.45) is 1.54. The number of nitrogens with two attached hydrogens (primary N) is 1. The van der Waals surface area contributed by atoms with E-state index >= 15 is 0 Å². The Hall–Kier alpha value is -2.76. The number of hydrogen-bond acceptors (Lipinski definition) is 4. The van der Waals surface area contributed by atoms with Crippen LogP contribution in [-0.4, -0.2) is 17.6 Å². The van der Waals surface area contributed by atoms with Crippen molar-refractivity contribution in [1.29, 1.82) is 0 Å². The number of rotatable bonds is 3. The van der Waals surface area contributed by atoms with E-state index in [1.54, 1.807) is 31.3 Å². The van der Waals surface area contributed by atoms with Crippen molar-refractivity contribution in [2.75, 3.05) is 18.2 Å². The summed E-state index contributed by atoms with van der Waals surface area (Å²) in [6.45, 7) is 0. The van der Waals surface area contributed by atoms with E-state index in [1.807, 2.05) is 0 Å². The normalized spacial score (nSPS) is 10.1. The van der Waals surface area contributed by atoms with E-state index in [4.69, 9.17) is 10.5 Å². The SMILES string of the molecule is COc1cc(N)ccc1NC(=O)c1ccn(C)c(=O)c1. The highest BCUT2D eigenvalue weighted by Gasteiger charge is 2.10. The topological polar surface area (TPSA) is 86.3 Å². The number of hydrogen-bond donors (Lipinski definition) is 2. The van der Waals surface area contributed by atoms with Gasteiger partial charge in [0.25, 0.3) is 11.5 Å². The minimum absolute atomic E-state index is 0.248. The molecule has 1 aromatic heterocycles. The Morgan fingerprint density at radius 3 is 2.70 bits per heavy atom. The minimum atomic E-state index is -0.384. The number of aryl methyl sites for hydroxylation is 1. The third-order valence-corrected chi connectivity index (χ3v) is 2.84. The summed E-state index contributed by atoms with van der Waals surface area (Å²) in [5.74, 6) is 0.0768. The molecule has 6 nitrogen and oxygen atoms in total. The van der Waals surface area contributed by atoms with Crippen molar-refractivity contribution >= 4 is 17.3 Å². The van der Waals surface area contributed by atoms with Crippen LogP contribution in [0.5, 0.6) is 5.75 Å². The van der Waals surface area contributed by atoms with E-state index in [1.165, 1.54) is 23.9 Å². The van der Waals surface area contributed by atoms with Gasteiger partial charge in [0.1, 0.15) is 5.75 Å². The zero-order valence-corrected chi connectivity index (χ0v) is 11.2. The molecule has 0 bridgehead atoms. The Bertz CT molecular complexity index is 707. The monoisotopic (exact) mass is 273 g/mol. The van der Waals surface area contributed by atoms with Gasteiger partial charge >= 0.3 is 0 Å². The summed E-state index contributed by atoms with van der Waals surface area (Å²) in [5, 5.41) is 2.68. The molecule has 0 aliphatic heterocycles. The molecule has 2 aromatic rings. The van der Waals surface area contributed by atoms with Crippen molar-refractivity contribution in [2.45, 2.75) is 0 Å². The van der Waals surface area contributed by atoms with E-state index in [0.29, 0.717) is 17.1 Å². The number of aromatic nitrogens is 1. The Kier molecular flexibility index (Phi) is 3.74. The second-order valence-corrected chi connectivity index (χ2v) is 4.28. The van der Waals surface area contributed by atoms with Gasteiger partial charge in [-0.3, -0.25) is 9.59 Å². The first-order chi connectivity index (χ1) is 9.51. The molecule has 1 aromatic carbocycles. The predicted molar refractivity (Wildman–Crippen MR) is 77.0 cm³/mol. The van der Waals surface area contributed by atoms with Crippen molar-refractivity contribution in [3.8, 4) is 5.75 Å². The number of carbonyl (C=O) groups is 1. The number of carbonyl (C=O) groups excluding carboxylic acids is 1. The van der Waals surface area contributed by atoms with Gasteiger partial charge in [-0.2, -0.15) is 0 Å². The van der Waals surface area contributed by atoms with Crippen LogP contribution in [0.1, 0.15) is 10.4 Å². The summed E-state index contributed by atoms with van der Waals surface area (Å²) in [7, 11) is 3.11. The van der Waals surface area contributed by atoms with Gasteiger partial charge in [-0.25, -0.2) is 0 Å². The van der Waals surface area contributed by atoms with Crippen LogP contribution in [0.4, 0.5) is 11.4 Å². The lowest BCUT2D eigenvalue weighted by molar-refractivity contribution is 0.102. The first kappa shape index (κ1) is 13.7. The molecule has 0 fully saturated rings.